The summed E-state index contributed by atoms with van der Waals surface area (Å²) in [7, 11) is 1.79. The Morgan fingerprint density at radius 2 is 1.65 bits per heavy atom. The average molecular weight is 650 g/mol. The smallest absolute Gasteiger partial charge is 0.336 e. The summed E-state index contributed by atoms with van der Waals surface area (Å²) < 4.78 is 41.0. The number of nitrogens with zero attached hydrogens (tertiary/aromatic N) is 5. The minimum atomic E-state index is -4.46. The van der Waals surface area contributed by atoms with Crippen molar-refractivity contribution in [2.45, 2.75) is 38.1 Å². The van der Waals surface area contributed by atoms with Crippen LogP contribution in [0.3, 0.4) is 0 Å². The predicted molar refractivity (Wildman–Crippen MR) is 177 cm³/mol. The zero-order valence-electron chi connectivity index (χ0n) is 26.3. The van der Waals surface area contributed by atoms with Gasteiger partial charge in [0, 0.05) is 57.1 Å². The highest BCUT2D eigenvalue weighted by Crippen LogP contribution is 2.29. The SMILES string of the molecule is Cn1cc(C[C@@H](C(=O)N2CCc3ccccc3C2)N(Cc2ccc(-c3ccccn3)cc2)C(=O)C=Cc2ccc(C(F)(F)F)cc2)cn1. The fourth-order valence-electron chi connectivity index (χ4n) is 5.93. The Kier molecular flexibility index (Phi) is 9.52. The summed E-state index contributed by atoms with van der Waals surface area (Å²) in [5.74, 6) is -0.627. The van der Waals surface area contributed by atoms with E-state index in [9.17, 15) is 22.8 Å². The minimum Gasteiger partial charge on any atom is -0.336 e. The summed E-state index contributed by atoms with van der Waals surface area (Å²) in [4.78, 5) is 36.3. The number of aromatic nitrogens is 3. The molecule has 0 saturated carbocycles. The molecular formula is C38H34F3N5O2. The number of hydrogen-bond donors (Lipinski definition) is 0. The lowest BCUT2D eigenvalue weighted by molar-refractivity contribution is -0.144. The van der Waals surface area contributed by atoms with Gasteiger partial charge in [-0.25, -0.2) is 0 Å². The van der Waals surface area contributed by atoms with Crippen LogP contribution < -0.4 is 0 Å². The van der Waals surface area contributed by atoms with Crippen LogP contribution in [0.25, 0.3) is 17.3 Å². The fourth-order valence-corrected chi connectivity index (χ4v) is 5.93. The van der Waals surface area contributed by atoms with Gasteiger partial charge < -0.3 is 9.80 Å². The van der Waals surface area contributed by atoms with Gasteiger partial charge in [0.1, 0.15) is 6.04 Å². The maximum atomic E-state index is 14.5. The minimum absolute atomic E-state index is 0.125. The molecule has 0 saturated heterocycles. The first-order valence-electron chi connectivity index (χ1n) is 15.6. The molecule has 244 valence electrons. The molecule has 0 N–H and O–H groups in total. The monoisotopic (exact) mass is 649 g/mol. The van der Waals surface area contributed by atoms with E-state index in [2.05, 4.69) is 16.1 Å². The highest BCUT2D eigenvalue weighted by molar-refractivity contribution is 5.96. The lowest BCUT2D eigenvalue weighted by Crippen LogP contribution is -2.52. The molecule has 3 aromatic carbocycles. The molecule has 3 heterocycles. The van der Waals surface area contributed by atoms with E-state index in [4.69, 9.17) is 0 Å². The molecule has 10 heteroatoms. The topological polar surface area (TPSA) is 71.3 Å². The first kappa shape index (κ1) is 32.4. The van der Waals surface area contributed by atoms with Crippen LogP contribution in [0.15, 0.2) is 116 Å². The van der Waals surface area contributed by atoms with Gasteiger partial charge in [-0.3, -0.25) is 19.3 Å². The number of rotatable bonds is 9. The summed E-state index contributed by atoms with van der Waals surface area (Å²) >= 11 is 0. The van der Waals surface area contributed by atoms with E-state index in [1.807, 2.05) is 66.9 Å². The van der Waals surface area contributed by atoms with Crippen LogP contribution in [0.2, 0.25) is 0 Å². The third-order valence-electron chi connectivity index (χ3n) is 8.50. The standard InChI is InChI=1S/C38H34F3N5O2/c1-44-24-29(23-43-44)22-35(37(48)45-21-19-30-6-2-3-7-32(30)26-45)46(25-28-9-14-31(15-10-28)34-8-4-5-20-42-34)36(47)18-13-27-11-16-33(17-12-27)38(39,40)41/h2-18,20,23-24,35H,19,21-22,25-26H2,1H3/t35-/m0/s1. The molecule has 6 rings (SSSR count). The van der Waals surface area contributed by atoms with E-state index in [1.54, 1.807) is 33.9 Å². The molecule has 7 nitrogen and oxygen atoms in total. The molecule has 2 aromatic heterocycles. The van der Waals surface area contributed by atoms with Crippen LogP contribution in [0, 0.1) is 0 Å². The van der Waals surface area contributed by atoms with E-state index in [0.717, 1.165) is 40.1 Å². The number of fused-ring (bicyclic) bond motifs is 1. The van der Waals surface area contributed by atoms with Crippen LogP contribution in [-0.2, 0) is 48.7 Å². The molecule has 2 amide bonds. The van der Waals surface area contributed by atoms with Crippen molar-refractivity contribution in [2.75, 3.05) is 6.54 Å². The van der Waals surface area contributed by atoms with Gasteiger partial charge in [-0.1, -0.05) is 66.7 Å². The van der Waals surface area contributed by atoms with Gasteiger partial charge in [0.2, 0.25) is 11.8 Å². The van der Waals surface area contributed by atoms with Crippen LogP contribution in [0.4, 0.5) is 13.2 Å². The summed E-state index contributed by atoms with van der Waals surface area (Å²) in [6.07, 6.45) is 4.51. The Hall–Kier alpha value is -5.51. The van der Waals surface area contributed by atoms with Crippen LogP contribution in [0.1, 0.15) is 33.4 Å². The van der Waals surface area contributed by atoms with E-state index in [1.165, 1.54) is 29.8 Å². The number of amides is 2. The molecule has 48 heavy (non-hydrogen) atoms. The van der Waals surface area contributed by atoms with Gasteiger partial charge >= 0.3 is 6.18 Å². The normalized spacial score (nSPS) is 13.7. The lowest BCUT2D eigenvalue weighted by atomic mass is 9.97. The third-order valence-corrected chi connectivity index (χ3v) is 8.50. The van der Waals surface area contributed by atoms with E-state index < -0.39 is 23.7 Å². The van der Waals surface area contributed by atoms with Gasteiger partial charge in [-0.15, -0.1) is 0 Å². The van der Waals surface area contributed by atoms with Crippen molar-refractivity contribution in [2.24, 2.45) is 7.05 Å². The Bertz CT molecular complexity index is 1900. The second-order valence-corrected chi connectivity index (χ2v) is 11.9. The summed E-state index contributed by atoms with van der Waals surface area (Å²) in [6, 6.07) is 25.1. The molecule has 0 bridgehead atoms. The summed E-state index contributed by atoms with van der Waals surface area (Å²) in [5, 5.41) is 4.29. The van der Waals surface area contributed by atoms with Crippen molar-refractivity contribution >= 4 is 17.9 Å². The second-order valence-electron chi connectivity index (χ2n) is 11.9. The van der Waals surface area contributed by atoms with Crippen molar-refractivity contribution in [3.8, 4) is 11.3 Å². The molecule has 0 spiro atoms. The van der Waals surface area contributed by atoms with Crippen LogP contribution in [0.5, 0.6) is 0 Å². The fraction of sp³-hybridized carbons (Fsp3) is 0.211. The zero-order chi connectivity index (χ0) is 33.7. The quantitative estimate of drug-likeness (QED) is 0.166. The Morgan fingerprint density at radius 1 is 0.917 bits per heavy atom. The highest BCUT2D eigenvalue weighted by Gasteiger charge is 2.34. The van der Waals surface area contributed by atoms with E-state index in [0.29, 0.717) is 25.1 Å². The molecule has 1 aliphatic heterocycles. The van der Waals surface area contributed by atoms with E-state index in [-0.39, 0.29) is 18.9 Å². The number of carbonyl (C=O) groups excluding carboxylic acids is 2. The lowest BCUT2D eigenvalue weighted by Gasteiger charge is -2.36. The van der Waals surface area contributed by atoms with Crippen molar-refractivity contribution in [1.29, 1.82) is 0 Å². The predicted octanol–water partition coefficient (Wildman–Crippen LogP) is 6.74. The van der Waals surface area contributed by atoms with Gasteiger partial charge in [-0.2, -0.15) is 18.3 Å². The van der Waals surface area contributed by atoms with Crippen molar-refractivity contribution in [1.82, 2.24) is 24.6 Å². The second kappa shape index (κ2) is 14.1. The highest BCUT2D eigenvalue weighted by atomic mass is 19.4. The Labute approximate surface area is 277 Å². The number of alkyl halides is 3. The Morgan fingerprint density at radius 3 is 2.31 bits per heavy atom. The van der Waals surface area contributed by atoms with Crippen LogP contribution in [-0.4, -0.2) is 49.0 Å². The molecule has 0 fully saturated rings. The largest absolute Gasteiger partial charge is 0.416 e. The molecule has 0 unspecified atom stereocenters. The number of benzene rings is 3. The first-order chi connectivity index (χ1) is 23.1. The number of pyridine rings is 1. The number of halogens is 3. The molecule has 0 aliphatic carbocycles. The third kappa shape index (κ3) is 7.71. The van der Waals surface area contributed by atoms with Gasteiger partial charge in [0.25, 0.3) is 0 Å². The Balaban J connectivity index is 1.33. The molecule has 5 aromatic rings. The summed E-state index contributed by atoms with van der Waals surface area (Å²) in [5.41, 5.74) is 5.25. The maximum absolute atomic E-state index is 14.5. The van der Waals surface area contributed by atoms with E-state index >= 15 is 0 Å². The number of hydrogen-bond acceptors (Lipinski definition) is 4. The van der Waals surface area contributed by atoms with Crippen LogP contribution >= 0.6 is 0 Å². The maximum Gasteiger partial charge on any atom is 0.416 e. The van der Waals surface area contributed by atoms with Gasteiger partial charge in [-0.05, 0) is 64.6 Å². The van der Waals surface area contributed by atoms with Crippen molar-refractivity contribution in [3.05, 3.63) is 149 Å². The molecule has 1 aliphatic rings. The first-order valence-corrected chi connectivity index (χ1v) is 15.6. The zero-order valence-corrected chi connectivity index (χ0v) is 26.3. The molecule has 0 radical (unpaired) electrons. The van der Waals surface area contributed by atoms with Gasteiger partial charge in [0.15, 0.2) is 0 Å². The van der Waals surface area contributed by atoms with Crippen molar-refractivity contribution < 1.29 is 22.8 Å². The van der Waals surface area contributed by atoms with Gasteiger partial charge in [0.05, 0.1) is 17.5 Å². The molecular weight excluding hydrogens is 615 g/mol. The number of aryl methyl sites for hydroxylation is 1. The van der Waals surface area contributed by atoms with Crippen molar-refractivity contribution in [3.63, 3.8) is 0 Å². The number of carbonyl (C=O) groups is 2. The summed E-state index contributed by atoms with van der Waals surface area (Å²) in [6.45, 7) is 1.07. The molecule has 1 atom stereocenters. The average Bonchev–Trinajstić information content (AvgIpc) is 3.52.